The van der Waals surface area contributed by atoms with Crippen LogP contribution < -0.4 is 5.32 Å². The average Bonchev–Trinajstić information content (AvgIpc) is 3.10. The van der Waals surface area contributed by atoms with E-state index in [1.807, 2.05) is 35.8 Å². The van der Waals surface area contributed by atoms with E-state index in [1.165, 1.54) is 0 Å². The van der Waals surface area contributed by atoms with Crippen molar-refractivity contribution >= 4 is 17.0 Å². The Kier molecular flexibility index (Phi) is 3.10. The predicted octanol–water partition coefficient (Wildman–Crippen LogP) is 4.02. The van der Waals surface area contributed by atoms with Crippen LogP contribution in [0.5, 0.6) is 0 Å². The fraction of sp³-hybridized carbons (Fsp3) is 0.0714. The van der Waals surface area contributed by atoms with E-state index in [4.69, 9.17) is 4.42 Å². The Labute approximate surface area is 109 Å². The number of nitrogens with one attached hydrogen (secondary N) is 1. The lowest BCUT2D eigenvalue weighted by Crippen LogP contribution is -1.97. The van der Waals surface area contributed by atoms with Gasteiger partial charge in [0.05, 0.1) is 12.8 Å². The number of thiazole rings is 1. The smallest absolute Gasteiger partial charge is 0.123 e. The number of hydrogen-bond donors (Lipinski definition) is 1. The molecule has 0 aliphatic carbocycles. The molecule has 0 amide bonds. The Bertz CT molecular complexity index is 603. The van der Waals surface area contributed by atoms with E-state index in [0.29, 0.717) is 6.54 Å². The van der Waals surface area contributed by atoms with Crippen molar-refractivity contribution < 1.29 is 4.42 Å². The van der Waals surface area contributed by atoms with Gasteiger partial charge in [-0.3, -0.25) is 0 Å². The third-order valence-electron chi connectivity index (χ3n) is 2.59. The largest absolute Gasteiger partial charge is 0.467 e. The fourth-order valence-electron chi connectivity index (χ4n) is 1.73. The van der Waals surface area contributed by atoms with Crippen molar-refractivity contribution in [3.8, 4) is 10.6 Å². The van der Waals surface area contributed by atoms with E-state index in [0.717, 1.165) is 22.0 Å². The van der Waals surface area contributed by atoms with Gasteiger partial charge in [-0.05, 0) is 24.3 Å². The van der Waals surface area contributed by atoms with Gasteiger partial charge in [0.15, 0.2) is 0 Å². The number of nitrogens with zero attached hydrogens (tertiary/aromatic N) is 1. The van der Waals surface area contributed by atoms with Gasteiger partial charge in [0, 0.05) is 22.8 Å². The van der Waals surface area contributed by atoms with Crippen LogP contribution in [0.4, 0.5) is 5.69 Å². The van der Waals surface area contributed by atoms with Gasteiger partial charge in [0.2, 0.25) is 0 Å². The first-order valence-electron chi connectivity index (χ1n) is 5.68. The first-order valence-corrected chi connectivity index (χ1v) is 6.56. The first kappa shape index (κ1) is 11.0. The second-order valence-electron chi connectivity index (χ2n) is 3.85. The van der Waals surface area contributed by atoms with Crippen LogP contribution in [0.3, 0.4) is 0 Å². The maximum Gasteiger partial charge on any atom is 0.123 e. The highest BCUT2D eigenvalue weighted by Crippen LogP contribution is 2.24. The SMILES string of the molecule is c1cc(NCc2ccco2)cc(-c2nccs2)c1. The van der Waals surface area contributed by atoms with Crippen LogP contribution in [0.2, 0.25) is 0 Å². The number of benzene rings is 1. The molecule has 1 N–H and O–H groups in total. The van der Waals surface area contributed by atoms with Gasteiger partial charge in [-0.1, -0.05) is 12.1 Å². The maximum atomic E-state index is 5.28. The number of anilines is 1. The first-order chi connectivity index (χ1) is 8.92. The summed E-state index contributed by atoms with van der Waals surface area (Å²) in [5.74, 6) is 0.926. The van der Waals surface area contributed by atoms with Gasteiger partial charge >= 0.3 is 0 Å². The van der Waals surface area contributed by atoms with Crippen molar-refractivity contribution in [2.24, 2.45) is 0 Å². The van der Waals surface area contributed by atoms with E-state index in [9.17, 15) is 0 Å². The van der Waals surface area contributed by atoms with E-state index >= 15 is 0 Å². The second kappa shape index (κ2) is 5.06. The van der Waals surface area contributed by atoms with Gasteiger partial charge < -0.3 is 9.73 Å². The summed E-state index contributed by atoms with van der Waals surface area (Å²) in [7, 11) is 0. The molecule has 0 spiro atoms. The third-order valence-corrected chi connectivity index (χ3v) is 3.41. The minimum Gasteiger partial charge on any atom is -0.467 e. The summed E-state index contributed by atoms with van der Waals surface area (Å²) < 4.78 is 5.28. The molecule has 2 heterocycles. The highest BCUT2D eigenvalue weighted by Gasteiger charge is 2.02. The molecule has 90 valence electrons. The molecule has 0 radical (unpaired) electrons. The van der Waals surface area contributed by atoms with Gasteiger partial charge in [-0.2, -0.15) is 0 Å². The zero-order chi connectivity index (χ0) is 12.2. The highest BCUT2D eigenvalue weighted by molar-refractivity contribution is 7.13. The second-order valence-corrected chi connectivity index (χ2v) is 4.75. The molecule has 0 fully saturated rings. The van der Waals surface area contributed by atoms with Crippen LogP contribution >= 0.6 is 11.3 Å². The molecule has 18 heavy (non-hydrogen) atoms. The van der Waals surface area contributed by atoms with Crippen molar-refractivity contribution in [1.82, 2.24) is 4.98 Å². The topological polar surface area (TPSA) is 38.1 Å². The Morgan fingerprint density at radius 3 is 3.00 bits per heavy atom. The van der Waals surface area contributed by atoms with Crippen LogP contribution in [0.25, 0.3) is 10.6 Å². The molecule has 0 unspecified atom stereocenters. The zero-order valence-corrected chi connectivity index (χ0v) is 10.5. The molecule has 3 aromatic rings. The van der Waals surface area contributed by atoms with Crippen molar-refractivity contribution in [2.75, 3.05) is 5.32 Å². The van der Waals surface area contributed by atoms with Crippen molar-refractivity contribution in [3.05, 3.63) is 60.0 Å². The van der Waals surface area contributed by atoms with Crippen molar-refractivity contribution in [3.63, 3.8) is 0 Å². The van der Waals surface area contributed by atoms with E-state index in [-0.39, 0.29) is 0 Å². The van der Waals surface area contributed by atoms with Crippen LogP contribution in [0, 0.1) is 0 Å². The number of furan rings is 1. The Hall–Kier alpha value is -2.07. The summed E-state index contributed by atoms with van der Waals surface area (Å²) in [4.78, 5) is 4.31. The fourth-order valence-corrected chi connectivity index (χ4v) is 2.37. The number of rotatable bonds is 4. The summed E-state index contributed by atoms with van der Waals surface area (Å²) in [6.07, 6.45) is 3.51. The molecule has 3 nitrogen and oxygen atoms in total. The molecule has 0 saturated carbocycles. The van der Waals surface area contributed by atoms with Gasteiger partial charge in [-0.25, -0.2) is 4.98 Å². The molecule has 0 atom stereocenters. The van der Waals surface area contributed by atoms with Crippen LogP contribution in [-0.2, 0) is 6.54 Å². The zero-order valence-electron chi connectivity index (χ0n) is 9.67. The highest BCUT2D eigenvalue weighted by atomic mass is 32.1. The van der Waals surface area contributed by atoms with Crippen LogP contribution in [0.15, 0.2) is 58.7 Å². The molecule has 3 rings (SSSR count). The Morgan fingerprint density at radius 2 is 2.22 bits per heavy atom. The average molecular weight is 256 g/mol. The van der Waals surface area contributed by atoms with E-state index < -0.39 is 0 Å². The lowest BCUT2D eigenvalue weighted by molar-refractivity contribution is 0.518. The summed E-state index contributed by atoms with van der Waals surface area (Å²) in [5.41, 5.74) is 2.20. The van der Waals surface area contributed by atoms with E-state index in [2.05, 4.69) is 22.4 Å². The molecule has 0 aliphatic heterocycles. The summed E-state index contributed by atoms with van der Waals surface area (Å²) in [6.45, 7) is 0.689. The quantitative estimate of drug-likeness (QED) is 0.766. The maximum absolute atomic E-state index is 5.28. The summed E-state index contributed by atoms with van der Waals surface area (Å²) in [6, 6.07) is 12.1. The third kappa shape index (κ3) is 2.43. The Balaban J connectivity index is 1.75. The minimum absolute atomic E-state index is 0.689. The van der Waals surface area contributed by atoms with Gasteiger partial charge in [0.25, 0.3) is 0 Å². The summed E-state index contributed by atoms with van der Waals surface area (Å²) >= 11 is 1.64. The predicted molar refractivity (Wildman–Crippen MR) is 73.6 cm³/mol. The molecular formula is C14H12N2OS. The van der Waals surface area contributed by atoms with Crippen LogP contribution in [0.1, 0.15) is 5.76 Å². The van der Waals surface area contributed by atoms with Gasteiger partial charge in [-0.15, -0.1) is 11.3 Å². The monoisotopic (exact) mass is 256 g/mol. The molecule has 0 bridgehead atoms. The molecule has 4 heteroatoms. The van der Waals surface area contributed by atoms with Crippen LogP contribution in [-0.4, -0.2) is 4.98 Å². The number of aromatic nitrogens is 1. The van der Waals surface area contributed by atoms with E-state index in [1.54, 1.807) is 17.6 Å². The lowest BCUT2D eigenvalue weighted by atomic mass is 10.2. The minimum atomic E-state index is 0.689. The molecule has 2 aromatic heterocycles. The van der Waals surface area contributed by atoms with Gasteiger partial charge in [0.1, 0.15) is 10.8 Å². The van der Waals surface area contributed by atoms with Crippen molar-refractivity contribution in [1.29, 1.82) is 0 Å². The lowest BCUT2D eigenvalue weighted by Gasteiger charge is -2.05. The van der Waals surface area contributed by atoms with Crippen molar-refractivity contribution in [2.45, 2.75) is 6.54 Å². The normalized spacial score (nSPS) is 10.4. The molecular weight excluding hydrogens is 244 g/mol. The Morgan fingerprint density at radius 1 is 1.22 bits per heavy atom. The molecule has 0 saturated heterocycles. The molecule has 1 aromatic carbocycles. The summed E-state index contributed by atoms with van der Waals surface area (Å²) in [5, 5.41) is 6.36. The standard InChI is InChI=1S/C14H12N2OS/c1-3-11(14-15-6-8-18-14)9-12(4-1)16-10-13-5-2-7-17-13/h1-9,16H,10H2. The molecule has 0 aliphatic rings. The number of hydrogen-bond acceptors (Lipinski definition) is 4.